The van der Waals surface area contributed by atoms with Gasteiger partial charge >= 0.3 is 0 Å². The van der Waals surface area contributed by atoms with Crippen LogP contribution in [0, 0.1) is 5.82 Å². The van der Waals surface area contributed by atoms with E-state index in [1.807, 2.05) is 0 Å². The molecule has 24 heavy (non-hydrogen) atoms. The zero-order valence-electron chi connectivity index (χ0n) is 13.2. The normalized spacial score (nSPS) is 18.8. The maximum atomic E-state index is 14.0. The lowest BCUT2D eigenvalue weighted by atomic mass is 10.0. The number of carbonyl (C=O) groups is 1. The van der Waals surface area contributed by atoms with Crippen molar-refractivity contribution in [1.29, 1.82) is 0 Å². The van der Waals surface area contributed by atoms with E-state index in [1.165, 1.54) is 25.0 Å². The van der Waals surface area contributed by atoms with Gasteiger partial charge in [0.05, 0.1) is 10.6 Å². The number of rotatable bonds is 3. The Kier molecular flexibility index (Phi) is 4.00. The molecule has 1 aliphatic carbocycles. The Balaban J connectivity index is 1.46. The summed E-state index contributed by atoms with van der Waals surface area (Å²) in [5, 5.41) is 8.46. The topological polar surface area (TPSA) is 51.0 Å². The van der Waals surface area contributed by atoms with Gasteiger partial charge in [-0.1, -0.05) is 17.7 Å². The van der Waals surface area contributed by atoms with Crippen molar-refractivity contribution < 1.29 is 9.18 Å². The standard InChI is InChI=1S/C17H18ClFN4O/c18-13-2-1-3-14(19)15(13)17(24)22-8-6-12(7-9-22)23-10-20-21-16(23)11-4-5-11/h1-3,10-12H,4-9H2. The molecule has 0 radical (unpaired) electrons. The van der Waals surface area contributed by atoms with E-state index >= 15 is 0 Å². The molecule has 0 spiro atoms. The molecule has 0 unspecified atom stereocenters. The third kappa shape index (κ3) is 2.79. The van der Waals surface area contributed by atoms with Gasteiger partial charge in [0.15, 0.2) is 0 Å². The largest absolute Gasteiger partial charge is 0.338 e. The predicted octanol–water partition coefficient (Wildman–Crippen LogP) is 3.43. The lowest BCUT2D eigenvalue weighted by molar-refractivity contribution is 0.0689. The monoisotopic (exact) mass is 348 g/mol. The number of benzene rings is 1. The second kappa shape index (κ2) is 6.16. The molecular formula is C17H18ClFN4O. The maximum Gasteiger partial charge on any atom is 0.258 e. The van der Waals surface area contributed by atoms with Crippen molar-refractivity contribution in [2.24, 2.45) is 0 Å². The van der Waals surface area contributed by atoms with Gasteiger partial charge < -0.3 is 9.47 Å². The first-order chi connectivity index (χ1) is 11.6. The van der Waals surface area contributed by atoms with Crippen LogP contribution in [0.1, 0.15) is 53.8 Å². The number of amides is 1. The minimum absolute atomic E-state index is 0.0272. The Morgan fingerprint density at radius 2 is 1.96 bits per heavy atom. The van der Waals surface area contributed by atoms with Crippen molar-refractivity contribution in [1.82, 2.24) is 19.7 Å². The lowest BCUT2D eigenvalue weighted by Gasteiger charge is -2.33. The van der Waals surface area contributed by atoms with Gasteiger partial charge in [-0.2, -0.15) is 0 Å². The van der Waals surface area contributed by atoms with Crippen LogP contribution in [0.4, 0.5) is 4.39 Å². The minimum atomic E-state index is -0.565. The molecule has 2 fully saturated rings. The molecule has 126 valence electrons. The number of carbonyl (C=O) groups excluding carboxylic acids is 1. The van der Waals surface area contributed by atoms with Gasteiger partial charge in [-0.3, -0.25) is 4.79 Å². The average molecular weight is 349 g/mol. The van der Waals surface area contributed by atoms with Crippen molar-refractivity contribution in [3.05, 3.63) is 46.8 Å². The zero-order valence-corrected chi connectivity index (χ0v) is 13.9. The van der Waals surface area contributed by atoms with Crippen molar-refractivity contribution in [2.45, 2.75) is 37.6 Å². The van der Waals surface area contributed by atoms with E-state index in [1.54, 1.807) is 17.3 Å². The van der Waals surface area contributed by atoms with Crippen molar-refractivity contribution in [2.75, 3.05) is 13.1 Å². The van der Waals surface area contributed by atoms with Crippen LogP contribution >= 0.6 is 11.6 Å². The molecule has 2 aromatic rings. The number of piperidine rings is 1. The molecule has 0 atom stereocenters. The highest BCUT2D eigenvalue weighted by molar-refractivity contribution is 6.33. The van der Waals surface area contributed by atoms with E-state index in [2.05, 4.69) is 14.8 Å². The molecule has 2 aliphatic rings. The zero-order chi connectivity index (χ0) is 16.7. The Labute approximate surface area is 144 Å². The van der Waals surface area contributed by atoms with Crippen molar-refractivity contribution in [3.63, 3.8) is 0 Å². The molecule has 1 aliphatic heterocycles. The third-order valence-electron chi connectivity index (χ3n) is 4.86. The number of likely N-dealkylation sites (tertiary alicyclic amines) is 1. The summed E-state index contributed by atoms with van der Waals surface area (Å²) in [5.74, 6) is 0.716. The Bertz CT molecular complexity index is 745. The van der Waals surface area contributed by atoms with Gasteiger partial charge in [0.2, 0.25) is 0 Å². The maximum absolute atomic E-state index is 14.0. The number of aromatic nitrogens is 3. The molecule has 1 aromatic heterocycles. The summed E-state index contributed by atoms with van der Waals surface area (Å²) in [6.45, 7) is 1.16. The highest BCUT2D eigenvalue weighted by atomic mass is 35.5. The average Bonchev–Trinajstić information content (AvgIpc) is 3.31. The van der Waals surface area contributed by atoms with Gasteiger partial charge in [-0.05, 0) is 37.8 Å². The molecule has 1 aromatic carbocycles. The molecule has 5 nitrogen and oxygen atoms in total. The van der Waals surface area contributed by atoms with Crippen LogP contribution in [0.5, 0.6) is 0 Å². The van der Waals surface area contributed by atoms with Crippen LogP contribution in [0.3, 0.4) is 0 Å². The Hall–Kier alpha value is -1.95. The molecular weight excluding hydrogens is 331 g/mol. The fraction of sp³-hybridized carbons (Fsp3) is 0.471. The van der Waals surface area contributed by atoms with Gasteiger partial charge in [0.1, 0.15) is 18.0 Å². The SMILES string of the molecule is O=C(c1c(F)cccc1Cl)N1CCC(n2cnnc2C2CC2)CC1. The smallest absolute Gasteiger partial charge is 0.258 e. The summed E-state index contributed by atoms with van der Waals surface area (Å²) in [7, 11) is 0. The highest BCUT2D eigenvalue weighted by Crippen LogP contribution is 2.40. The van der Waals surface area contributed by atoms with Gasteiger partial charge in [-0.25, -0.2) is 4.39 Å². The molecule has 1 amide bonds. The molecule has 0 N–H and O–H groups in total. The van der Waals surface area contributed by atoms with Crippen LogP contribution in [0.15, 0.2) is 24.5 Å². The number of halogens is 2. The van der Waals surface area contributed by atoms with Crippen molar-refractivity contribution in [3.8, 4) is 0 Å². The molecule has 1 saturated heterocycles. The van der Waals surface area contributed by atoms with Crippen molar-refractivity contribution >= 4 is 17.5 Å². The van der Waals surface area contributed by atoms with Crippen LogP contribution in [-0.2, 0) is 0 Å². The number of hydrogen-bond acceptors (Lipinski definition) is 3. The fourth-order valence-corrected chi connectivity index (χ4v) is 3.62. The lowest BCUT2D eigenvalue weighted by Crippen LogP contribution is -2.39. The van der Waals surface area contributed by atoms with E-state index in [0.717, 1.165) is 18.7 Å². The van der Waals surface area contributed by atoms with E-state index in [9.17, 15) is 9.18 Å². The Morgan fingerprint density at radius 1 is 1.21 bits per heavy atom. The predicted molar refractivity (Wildman–Crippen MR) is 87.6 cm³/mol. The second-order valence-electron chi connectivity index (χ2n) is 6.49. The van der Waals surface area contributed by atoms with E-state index < -0.39 is 5.82 Å². The van der Waals surface area contributed by atoms with E-state index in [4.69, 9.17) is 11.6 Å². The molecule has 7 heteroatoms. The molecule has 2 heterocycles. The van der Waals surface area contributed by atoms with Gasteiger partial charge in [0.25, 0.3) is 5.91 Å². The van der Waals surface area contributed by atoms with Crippen LogP contribution in [0.2, 0.25) is 5.02 Å². The minimum Gasteiger partial charge on any atom is -0.338 e. The Morgan fingerprint density at radius 3 is 2.62 bits per heavy atom. The van der Waals surface area contributed by atoms with E-state index in [-0.39, 0.29) is 16.5 Å². The van der Waals surface area contributed by atoms with Crippen LogP contribution in [-0.4, -0.2) is 38.7 Å². The quantitative estimate of drug-likeness (QED) is 0.854. The van der Waals surface area contributed by atoms with E-state index in [0.29, 0.717) is 25.0 Å². The second-order valence-corrected chi connectivity index (χ2v) is 6.90. The van der Waals surface area contributed by atoms with Gasteiger partial charge in [-0.15, -0.1) is 10.2 Å². The van der Waals surface area contributed by atoms with Crippen LogP contribution in [0.25, 0.3) is 0 Å². The third-order valence-corrected chi connectivity index (χ3v) is 5.18. The number of nitrogens with zero attached hydrogens (tertiary/aromatic N) is 4. The highest BCUT2D eigenvalue weighted by Gasteiger charge is 2.33. The first-order valence-electron chi connectivity index (χ1n) is 8.28. The molecule has 1 saturated carbocycles. The summed E-state index contributed by atoms with van der Waals surface area (Å²) in [6, 6.07) is 4.62. The summed E-state index contributed by atoms with van der Waals surface area (Å²) in [5.41, 5.74) is -0.0272. The first kappa shape index (κ1) is 15.6. The fourth-order valence-electron chi connectivity index (χ4n) is 3.37. The molecule has 0 bridgehead atoms. The van der Waals surface area contributed by atoms with Gasteiger partial charge in [0, 0.05) is 25.0 Å². The summed E-state index contributed by atoms with van der Waals surface area (Å²) < 4.78 is 16.1. The summed E-state index contributed by atoms with van der Waals surface area (Å²) in [4.78, 5) is 14.3. The first-order valence-corrected chi connectivity index (χ1v) is 8.65. The number of hydrogen-bond donors (Lipinski definition) is 0. The summed E-state index contributed by atoms with van der Waals surface area (Å²) >= 11 is 6.01. The molecule has 4 rings (SSSR count). The van der Waals surface area contributed by atoms with Crippen LogP contribution < -0.4 is 0 Å². The summed E-state index contributed by atoms with van der Waals surface area (Å²) in [6.07, 6.45) is 5.79.